The fourth-order valence-corrected chi connectivity index (χ4v) is 3.44. The average Bonchev–Trinajstić information content (AvgIpc) is 3.14. The number of benzene rings is 2. The van der Waals surface area contributed by atoms with Crippen molar-refractivity contribution in [1.29, 1.82) is 0 Å². The summed E-state index contributed by atoms with van der Waals surface area (Å²) in [5.74, 6) is -0.570. The fourth-order valence-electron chi connectivity index (χ4n) is 3.44. The first-order valence-electron chi connectivity index (χ1n) is 9.74. The summed E-state index contributed by atoms with van der Waals surface area (Å²) < 4.78 is 27.0. The minimum absolute atomic E-state index is 0. The van der Waals surface area contributed by atoms with E-state index in [0.717, 1.165) is 6.07 Å². The van der Waals surface area contributed by atoms with Crippen LogP contribution in [0.1, 0.15) is 42.5 Å². The Bertz CT molecular complexity index is 881. The van der Waals surface area contributed by atoms with E-state index in [-0.39, 0.29) is 35.9 Å². The number of hydrogen-bond acceptors (Lipinski definition) is 2. The topological polar surface area (TPSA) is 56.7 Å². The van der Waals surface area contributed by atoms with Crippen LogP contribution in [0.25, 0.3) is 0 Å². The summed E-state index contributed by atoms with van der Waals surface area (Å²) in [6, 6.07) is 11.2. The second-order valence-corrected chi connectivity index (χ2v) is 7.15. The van der Waals surface area contributed by atoms with Gasteiger partial charge in [0.2, 0.25) is 5.91 Å². The molecule has 3 rings (SSSR count). The molecule has 0 aromatic heterocycles. The number of halogens is 3. The van der Waals surface area contributed by atoms with E-state index in [1.54, 1.807) is 14.0 Å². The molecule has 162 valence electrons. The van der Waals surface area contributed by atoms with Crippen LogP contribution in [-0.4, -0.2) is 30.4 Å². The monoisotopic (exact) mass is 528 g/mol. The molecule has 1 aliphatic rings. The molecule has 1 aliphatic heterocycles. The smallest absolute Gasteiger partial charge is 0.223 e. The number of carbonyl (C=O) groups excluding carboxylic acids is 1. The Kier molecular flexibility index (Phi) is 9.01. The highest BCUT2D eigenvalue weighted by molar-refractivity contribution is 14.0. The van der Waals surface area contributed by atoms with E-state index in [0.29, 0.717) is 44.0 Å². The molecule has 1 heterocycles. The second kappa shape index (κ2) is 11.2. The van der Waals surface area contributed by atoms with Gasteiger partial charge in [0.15, 0.2) is 5.96 Å². The van der Waals surface area contributed by atoms with Gasteiger partial charge in [0.25, 0.3) is 0 Å². The number of fused-ring (bicyclic) bond motifs is 1. The van der Waals surface area contributed by atoms with Crippen molar-refractivity contribution in [2.75, 3.05) is 13.6 Å². The van der Waals surface area contributed by atoms with E-state index in [1.165, 1.54) is 23.3 Å². The van der Waals surface area contributed by atoms with Crippen molar-refractivity contribution in [2.45, 2.75) is 38.9 Å². The van der Waals surface area contributed by atoms with Crippen LogP contribution in [0.2, 0.25) is 0 Å². The molecule has 1 atom stereocenters. The van der Waals surface area contributed by atoms with Crippen LogP contribution < -0.4 is 10.6 Å². The van der Waals surface area contributed by atoms with Crippen molar-refractivity contribution in [3.05, 3.63) is 70.8 Å². The van der Waals surface area contributed by atoms with Gasteiger partial charge in [-0.3, -0.25) is 9.79 Å². The summed E-state index contributed by atoms with van der Waals surface area (Å²) in [4.78, 5) is 18.4. The maximum absolute atomic E-state index is 13.9. The third kappa shape index (κ3) is 6.13. The van der Waals surface area contributed by atoms with E-state index in [1.807, 2.05) is 17.0 Å². The predicted octanol–water partition coefficient (Wildman–Crippen LogP) is 4.13. The summed E-state index contributed by atoms with van der Waals surface area (Å²) in [6.07, 6.45) is 1.10. The van der Waals surface area contributed by atoms with Gasteiger partial charge in [-0.15, -0.1) is 24.0 Å². The van der Waals surface area contributed by atoms with Crippen molar-refractivity contribution in [2.24, 2.45) is 4.99 Å². The van der Waals surface area contributed by atoms with Crippen LogP contribution in [0.5, 0.6) is 0 Å². The Morgan fingerprint density at radius 2 is 1.83 bits per heavy atom. The van der Waals surface area contributed by atoms with E-state index >= 15 is 0 Å². The van der Waals surface area contributed by atoms with Crippen molar-refractivity contribution in [1.82, 2.24) is 15.5 Å². The van der Waals surface area contributed by atoms with Gasteiger partial charge >= 0.3 is 0 Å². The van der Waals surface area contributed by atoms with Gasteiger partial charge in [-0.05, 0) is 30.5 Å². The van der Waals surface area contributed by atoms with E-state index < -0.39 is 11.6 Å². The highest BCUT2D eigenvalue weighted by Crippen LogP contribution is 2.23. The molecule has 2 aromatic carbocycles. The zero-order valence-corrected chi connectivity index (χ0v) is 19.5. The maximum Gasteiger partial charge on any atom is 0.223 e. The molecule has 5 nitrogen and oxygen atoms in total. The molecule has 0 bridgehead atoms. The summed E-state index contributed by atoms with van der Waals surface area (Å²) >= 11 is 0. The molecule has 0 fully saturated rings. The molecule has 0 saturated carbocycles. The molecule has 1 amide bonds. The maximum atomic E-state index is 13.9. The van der Waals surface area contributed by atoms with Gasteiger partial charge in [0.1, 0.15) is 11.6 Å². The number of guanidine groups is 1. The van der Waals surface area contributed by atoms with Crippen LogP contribution in [-0.2, 0) is 17.9 Å². The lowest BCUT2D eigenvalue weighted by molar-refractivity contribution is -0.131. The number of nitrogens with zero attached hydrogens (tertiary/aromatic N) is 2. The zero-order valence-electron chi connectivity index (χ0n) is 17.1. The number of nitrogens with one attached hydrogen (secondary N) is 2. The molecule has 0 radical (unpaired) electrons. The van der Waals surface area contributed by atoms with E-state index in [9.17, 15) is 13.6 Å². The first kappa shape index (κ1) is 24.0. The molecule has 1 unspecified atom stereocenters. The van der Waals surface area contributed by atoms with Gasteiger partial charge in [0.05, 0.1) is 6.04 Å². The third-order valence-electron chi connectivity index (χ3n) is 5.06. The SMILES string of the molecule is CN=C(NCCCC(=O)N1Cc2ccccc2C1)NC(C)c1ccc(F)cc1F.I. The lowest BCUT2D eigenvalue weighted by atomic mass is 10.1. The zero-order chi connectivity index (χ0) is 20.8. The molecule has 30 heavy (non-hydrogen) atoms. The van der Waals surface area contributed by atoms with Crippen molar-refractivity contribution < 1.29 is 13.6 Å². The quantitative estimate of drug-likeness (QED) is 0.257. The Hall–Kier alpha value is -2.23. The fraction of sp³-hybridized carbons (Fsp3) is 0.364. The largest absolute Gasteiger partial charge is 0.356 e. The summed E-state index contributed by atoms with van der Waals surface area (Å²) in [5.41, 5.74) is 2.79. The van der Waals surface area contributed by atoms with Crippen LogP contribution in [0.15, 0.2) is 47.5 Å². The highest BCUT2D eigenvalue weighted by atomic mass is 127. The molecular weight excluding hydrogens is 501 g/mol. The average molecular weight is 528 g/mol. The van der Waals surface area contributed by atoms with Crippen molar-refractivity contribution in [3.8, 4) is 0 Å². The lowest BCUT2D eigenvalue weighted by Gasteiger charge is -2.19. The normalized spacial score (nSPS) is 14.0. The van der Waals surface area contributed by atoms with Gasteiger partial charge < -0.3 is 15.5 Å². The van der Waals surface area contributed by atoms with Gasteiger partial charge in [0, 0.05) is 44.7 Å². The Labute approximate surface area is 193 Å². The number of amides is 1. The molecule has 0 spiro atoms. The van der Waals surface area contributed by atoms with Gasteiger partial charge in [-0.25, -0.2) is 8.78 Å². The molecule has 0 aliphatic carbocycles. The summed E-state index contributed by atoms with van der Waals surface area (Å²) in [5, 5.41) is 6.22. The van der Waals surface area contributed by atoms with Crippen LogP contribution in [0, 0.1) is 11.6 Å². The first-order chi connectivity index (χ1) is 14.0. The summed E-state index contributed by atoms with van der Waals surface area (Å²) in [7, 11) is 1.62. The molecule has 8 heteroatoms. The Morgan fingerprint density at radius 1 is 1.17 bits per heavy atom. The molecule has 2 aromatic rings. The van der Waals surface area contributed by atoms with Crippen molar-refractivity contribution >= 4 is 35.8 Å². The molecule has 2 N–H and O–H groups in total. The first-order valence-corrected chi connectivity index (χ1v) is 9.74. The van der Waals surface area contributed by atoms with Crippen LogP contribution >= 0.6 is 24.0 Å². The van der Waals surface area contributed by atoms with E-state index in [2.05, 4.69) is 27.8 Å². The van der Waals surface area contributed by atoms with Crippen LogP contribution in [0.3, 0.4) is 0 Å². The highest BCUT2D eigenvalue weighted by Gasteiger charge is 2.22. The van der Waals surface area contributed by atoms with Gasteiger partial charge in [-0.2, -0.15) is 0 Å². The minimum atomic E-state index is -0.605. The van der Waals surface area contributed by atoms with Crippen molar-refractivity contribution in [3.63, 3.8) is 0 Å². The minimum Gasteiger partial charge on any atom is -0.356 e. The predicted molar refractivity (Wildman–Crippen MR) is 125 cm³/mol. The Balaban J connectivity index is 0.00000320. The molecule has 0 saturated heterocycles. The number of hydrogen-bond donors (Lipinski definition) is 2. The summed E-state index contributed by atoms with van der Waals surface area (Å²) in [6.45, 7) is 3.68. The second-order valence-electron chi connectivity index (χ2n) is 7.15. The third-order valence-corrected chi connectivity index (χ3v) is 5.06. The standard InChI is InChI=1S/C22H26F2N4O.HI/c1-15(19-10-9-18(23)12-20(19)24)27-22(25-2)26-11-5-8-21(29)28-13-16-6-3-4-7-17(16)14-28;/h3-4,6-7,9-10,12,15H,5,8,11,13-14H2,1-2H3,(H2,25,26,27);1H. The lowest BCUT2D eigenvalue weighted by Crippen LogP contribution is -2.39. The van der Waals surface area contributed by atoms with E-state index in [4.69, 9.17) is 0 Å². The number of carbonyl (C=O) groups is 1. The Morgan fingerprint density at radius 3 is 2.43 bits per heavy atom. The number of aliphatic imine (C=N–C) groups is 1. The number of rotatable bonds is 6. The molecular formula is C22H27F2IN4O. The van der Waals surface area contributed by atoms with Crippen LogP contribution in [0.4, 0.5) is 8.78 Å². The van der Waals surface area contributed by atoms with Gasteiger partial charge in [-0.1, -0.05) is 30.3 Å².